The SMILES string of the molecule is O=C(Nc1nc2c(s1)C(=O)C[C@H](C(=O)NCc1nc(-c3ccccc3)cs1)C2)c1ccncc1. The zero-order chi connectivity index (χ0) is 23.5. The van der Waals surface area contributed by atoms with E-state index in [-0.39, 0.29) is 24.0 Å². The Labute approximate surface area is 203 Å². The fraction of sp³-hybridized carbons (Fsp3) is 0.167. The molecule has 0 radical (unpaired) electrons. The number of nitrogens with zero attached hydrogens (tertiary/aromatic N) is 3. The van der Waals surface area contributed by atoms with Crippen molar-refractivity contribution < 1.29 is 14.4 Å². The summed E-state index contributed by atoms with van der Waals surface area (Å²) < 4.78 is 0. The Hall–Kier alpha value is -3.76. The summed E-state index contributed by atoms with van der Waals surface area (Å²) in [5.74, 6) is -1.16. The first-order valence-corrected chi connectivity index (χ1v) is 12.3. The molecule has 0 saturated heterocycles. The number of carbonyl (C=O) groups is 3. The number of ketones is 1. The van der Waals surface area contributed by atoms with Gasteiger partial charge in [-0.3, -0.25) is 24.7 Å². The number of hydrogen-bond donors (Lipinski definition) is 2. The first kappa shape index (κ1) is 22.1. The number of thiazole rings is 2. The fourth-order valence-corrected chi connectivity index (χ4v) is 5.36. The van der Waals surface area contributed by atoms with Gasteiger partial charge in [-0.25, -0.2) is 9.97 Å². The Bertz CT molecular complexity index is 1350. The molecule has 0 unspecified atom stereocenters. The van der Waals surface area contributed by atoms with Crippen LogP contribution in [0.1, 0.15) is 37.2 Å². The van der Waals surface area contributed by atoms with E-state index >= 15 is 0 Å². The van der Waals surface area contributed by atoms with Gasteiger partial charge in [-0.2, -0.15) is 0 Å². The number of Topliss-reactive ketones (excluding diaryl/α,β-unsaturated/α-hetero) is 1. The highest BCUT2D eigenvalue weighted by Crippen LogP contribution is 2.32. The topological polar surface area (TPSA) is 114 Å². The summed E-state index contributed by atoms with van der Waals surface area (Å²) in [6.07, 6.45) is 3.53. The molecule has 3 aromatic heterocycles. The first-order valence-electron chi connectivity index (χ1n) is 10.6. The number of amides is 2. The van der Waals surface area contributed by atoms with E-state index in [1.807, 2.05) is 35.7 Å². The maximum Gasteiger partial charge on any atom is 0.257 e. The molecule has 0 bridgehead atoms. The van der Waals surface area contributed by atoms with Gasteiger partial charge in [-0.1, -0.05) is 41.7 Å². The molecule has 0 fully saturated rings. The van der Waals surface area contributed by atoms with E-state index in [0.29, 0.717) is 34.2 Å². The second kappa shape index (κ2) is 9.62. The van der Waals surface area contributed by atoms with Crippen molar-refractivity contribution in [1.29, 1.82) is 0 Å². The Balaban J connectivity index is 1.21. The van der Waals surface area contributed by atoms with Crippen molar-refractivity contribution in [2.24, 2.45) is 5.92 Å². The van der Waals surface area contributed by atoms with E-state index < -0.39 is 5.92 Å². The number of hydrogen-bond acceptors (Lipinski definition) is 8. The molecule has 5 rings (SSSR count). The molecule has 0 aliphatic heterocycles. The molecule has 8 nitrogen and oxygen atoms in total. The number of fused-ring (bicyclic) bond motifs is 1. The molecule has 3 heterocycles. The Morgan fingerprint density at radius 2 is 1.82 bits per heavy atom. The lowest BCUT2D eigenvalue weighted by molar-refractivity contribution is -0.125. The van der Waals surface area contributed by atoms with Gasteiger partial charge in [-0.15, -0.1) is 11.3 Å². The van der Waals surface area contributed by atoms with Crippen molar-refractivity contribution in [3.05, 3.63) is 81.4 Å². The maximum atomic E-state index is 12.8. The van der Waals surface area contributed by atoms with Crippen molar-refractivity contribution >= 4 is 45.4 Å². The van der Waals surface area contributed by atoms with Crippen LogP contribution in [-0.4, -0.2) is 32.5 Å². The van der Waals surface area contributed by atoms with Gasteiger partial charge in [0.2, 0.25) is 5.91 Å². The minimum absolute atomic E-state index is 0.117. The lowest BCUT2D eigenvalue weighted by Gasteiger charge is -2.19. The molecule has 10 heteroatoms. The smallest absolute Gasteiger partial charge is 0.257 e. The van der Waals surface area contributed by atoms with Gasteiger partial charge >= 0.3 is 0 Å². The highest BCUT2D eigenvalue weighted by molar-refractivity contribution is 7.17. The van der Waals surface area contributed by atoms with E-state index in [1.165, 1.54) is 23.7 Å². The van der Waals surface area contributed by atoms with Gasteiger partial charge in [0.15, 0.2) is 10.9 Å². The number of aromatic nitrogens is 3. The lowest BCUT2D eigenvalue weighted by Crippen LogP contribution is -2.35. The second-order valence-corrected chi connectivity index (χ2v) is 9.67. The minimum atomic E-state index is -0.501. The lowest BCUT2D eigenvalue weighted by atomic mass is 9.89. The van der Waals surface area contributed by atoms with Crippen molar-refractivity contribution in [1.82, 2.24) is 20.3 Å². The summed E-state index contributed by atoms with van der Waals surface area (Å²) in [4.78, 5) is 51.2. The van der Waals surface area contributed by atoms with Crippen LogP contribution in [0.3, 0.4) is 0 Å². The molecule has 1 atom stereocenters. The zero-order valence-corrected chi connectivity index (χ0v) is 19.5. The highest BCUT2D eigenvalue weighted by Gasteiger charge is 2.33. The summed E-state index contributed by atoms with van der Waals surface area (Å²) in [5, 5.41) is 8.73. The molecule has 34 heavy (non-hydrogen) atoms. The predicted molar refractivity (Wildman–Crippen MR) is 130 cm³/mol. The van der Waals surface area contributed by atoms with Crippen LogP contribution in [0.2, 0.25) is 0 Å². The first-order chi connectivity index (χ1) is 16.6. The summed E-state index contributed by atoms with van der Waals surface area (Å²) in [6, 6.07) is 13.0. The third-order valence-electron chi connectivity index (χ3n) is 5.39. The average molecular weight is 490 g/mol. The van der Waals surface area contributed by atoms with Crippen LogP contribution in [0.5, 0.6) is 0 Å². The summed E-state index contributed by atoms with van der Waals surface area (Å²) in [6.45, 7) is 0.304. The molecule has 170 valence electrons. The normalized spacial score (nSPS) is 14.9. The van der Waals surface area contributed by atoms with Crippen LogP contribution in [0.15, 0.2) is 60.2 Å². The standard InChI is InChI=1S/C24H19N5O3S2/c30-19-11-16(22(31)26-12-20-27-18(13-33-20)14-4-2-1-3-5-14)10-17-21(19)34-24(28-17)29-23(32)15-6-8-25-9-7-15/h1-9,13,16H,10-12H2,(H,26,31)(H,28,29,32)/t16-/m1/s1. The molecule has 1 aliphatic carbocycles. The van der Waals surface area contributed by atoms with Gasteiger partial charge in [0.1, 0.15) is 5.01 Å². The third-order valence-corrected chi connectivity index (χ3v) is 7.29. The second-order valence-electron chi connectivity index (χ2n) is 7.72. The van der Waals surface area contributed by atoms with E-state index in [4.69, 9.17) is 0 Å². The summed E-state index contributed by atoms with van der Waals surface area (Å²) in [7, 11) is 0. The number of rotatable bonds is 6. The van der Waals surface area contributed by atoms with Crippen LogP contribution >= 0.6 is 22.7 Å². The van der Waals surface area contributed by atoms with Gasteiger partial charge in [0, 0.05) is 41.7 Å². The maximum absolute atomic E-state index is 12.8. The van der Waals surface area contributed by atoms with Crippen molar-refractivity contribution in [2.75, 3.05) is 5.32 Å². The third kappa shape index (κ3) is 4.78. The van der Waals surface area contributed by atoms with Crippen molar-refractivity contribution in [2.45, 2.75) is 19.4 Å². The number of benzene rings is 1. The number of anilines is 1. The largest absolute Gasteiger partial charge is 0.349 e. The van der Waals surface area contributed by atoms with Crippen LogP contribution in [0.25, 0.3) is 11.3 Å². The van der Waals surface area contributed by atoms with Crippen LogP contribution in [-0.2, 0) is 17.8 Å². The van der Waals surface area contributed by atoms with Gasteiger partial charge in [0.25, 0.3) is 5.91 Å². The molecular formula is C24H19N5O3S2. The molecule has 4 aromatic rings. The number of nitrogens with one attached hydrogen (secondary N) is 2. The van der Waals surface area contributed by atoms with Gasteiger partial charge in [-0.05, 0) is 12.1 Å². The Morgan fingerprint density at radius 3 is 2.62 bits per heavy atom. The van der Waals surface area contributed by atoms with Crippen molar-refractivity contribution in [3.63, 3.8) is 0 Å². The van der Waals surface area contributed by atoms with Crippen molar-refractivity contribution in [3.8, 4) is 11.3 Å². The molecule has 1 aliphatic rings. The van der Waals surface area contributed by atoms with Crippen LogP contribution in [0, 0.1) is 5.92 Å². The zero-order valence-electron chi connectivity index (χ0n) is 17.9. The summed E-state index contributed by atoms with van der Waals surface area (Å²) in [5.41, 5.74) is 2.89. The minimum Gasteiger partial charge on any atom is -0.349 e. The van der Waals surface area contributed by atoms with E-state index in [2.05, 4.69) is 25.6 Å². The van der Waals surface area contributed by atoms with Crippen LogP contribution < -0.4 is 10.6 Å². The average Bonchev–Trinajstić information content (AvgIpc) is 3.51. The Morgan fingerprint density at radius 1 is 1.03 bits per heavy atom. The monoisotopic (exact) mass is 489 g/mol. The van der Waals surface area contributed by atoms with Crippen LogP contribution in [0.4, 0.5) is 5.13 Å². The Kier molecular flexibility index (Phi) is 6.24. The molecule has 0 spiro atoms. The highest BCUT2D eigenvalue weighted by atomic mass is 32.1. The molecule has 0 saturated carbocycles. The predicted octanol–water partition coefficient (Wildman–Crippen LogP) is 3.98. The van der Waals surface area contributed by atoms with E-state index in [9.17, 15) is 14.4 Å². The number of pyridine rings is 1. The number of carbonyl (C=O) groups excluding carboxylic acids is 3. The fourth-order valence-electron chi connectivity index (χ4n) is 3.68. The van der Waals surface area contributed by atoms with Gasteiger partial charge < -0.3 is 5.32 Å². The molecular weight excluding hydrogens is 470 g/mol. The van der Waals surface area contributed by atoms with Gasteiger partial charge in [0.05, 0.1) is 28.7 Å². The molecule has 1 aromatic carbocycles. The quantitative estimate of drug-likeness (QED) is 0.424. The molecule has 2 N–H and O–H groups in total. The van der Waals surface area contributed by atoms with E-state index in [1.54, 1.807) is 12.1 Å². The van der Waals surface area contributed by atoms with E-state index in [0.717, 1.165) is 27.6 Å². The molecule has 2 amide bonds. The summed E-state index contributed by atoms with van der Waals surface area (Å²) >= 11 is 2.62.